The monoisotopic (exact) mass is 442 g/mol. The van der Waals surface area contributed by atoms with Crippen molar-refractivity contribution in [1.82, 2.24) is 0 Å². The lowest BCUT2D eigenvalue weighted by molar-refractivity contribution is 1.50. The van der Waals surface area contributed by atoms with Crippen LogP contribution in [0.15, 0.2) is 48.5 Å². The van der Waals surface area contributed by atoms with E-state index in [-0.39, 0.29) is 0 Å². The van der Waals surface area contributed by atoms with E-state index < -0.39 is 0 Å². The first kappa shape index (κ1) is 18.5. The average Bonchev–Trinajstić information content (AvgIpc) is 2.45. The maximum Gasteiger partial charge on any atom is 0 e. The van der Waals surface area contributed by atoms with Crippen molar-refractivity contribution in [3.8, 4) is 0 Å². The Bertz CT molecular complexity index is 280. The van der Waals surface area contributed by atoms with Gasteiger partial charge in [-0.15, -0.1) is 0 Å². The Balaban J connectivity index is 0. The molecule has 0 nitrogen and oxygen atoms in total. The van der Waals surface area contributed by atoms with E-state index in [0.29, 0.717) is 0 Å². The van der Waals surface area contributed by atoms with Crippen LogP contribution < -0.4 is 0 Å². The van der Waals surface area contributed by atoms with Gasteiger partial charge in [-0.3, -0.25) is 0 Å². The van der Waals surface area contributed by atoms with Crippen LogP contribution in [0.2, 0.25) is 0 Å². The molecule has 0 amide bonds. The molecule has 0 aromatic heterocycles. The van der Waals surface area contributed by atoms with E-state index in [0.717, 1.165) is 0 Å². The first-order chi connectivity index (χ1) is 7.97. The molecule has 16 heavy (non-hydrogen) atoms. The first-order valence-electron chi connectivity index (χ1n) is 5.55. The molecule has 2 heteroatoms. The number of halogens is 2. The molecule has 0 heterocycles. The van der Waals surface area contributed by atoms with E-state index in [1.165, 1.54) is 10.8 Å². The maximum atomic E-state index is 2.12. The Morgan fingerprint density at radius 2 is 0.750 bits per heavy atom. The van der Waals surface area contributed by atoms with Crippen LogP contribution >= 0.6 is 37.2 Å². The van der Waals surface area contributed by atoms with Crippen molar-refractivity contribution < 1.29 is 0 Å². The SMILES string of the molecule is CC.CC.II.c1ccc2ccccc2c1. The predicted octanol–water partition coefficient (Wildman–Crippen LogP) is 6.66. The average molecular weight is 442 g/mol. The predicted molar refractivity (Wildman–Crippen MR) is 94.7 cm³/mol. The summed E-state index contributed by atoms with van der Waals surface area (Å²) in [6, 6.07) is 16.7. The Morgan fingerprint density at radius 1 is 0.562 bits per heavy atom. The van der Waals surface area contributed by atoms with Gasteiger partial charge >= 0.3 is 0 Å². The third-order valence-electron chi connectivity index (χ3n) is 1.66. The highest BCUT2D eigenvalue weighted by Gasteiger charge is 1.85. The minimum Gasteiger partial charge on any atom is -0.0683 e. The van der Waals surface area contributed by atoms with Crippen molar-refractivity contribution >= 4 is 48.0 Å². The molecule has 2 aromatic carbocycles. The number of benzene rings is 2. The van der Waals surface area contributed by atoms with Crippen LogP contribution in [0.4, 0.5) is 0 Å². The van der Waals surface area contributed by atoms with E-state index in [1.54, 1.807) is 0 Å². The van der Waals surface area contributed by atoms with Crippen LogP contribution in [-0.4, -0.2) is 0 Å². The van der Waals surface area contributed by atoms with Crippen molar-refractivity contribution in [2.45, 2.75) is 27.7 Å². The summed E-state index contributed by atoms with van der Waals surface area (Å²) in [6.07, 6.45) is 0. The summed E-state index contributed by atoms with van der Waals surface area (Å²) in [4.78, 5) is 0. The fraction of sp³-hybridized carbons (Fsp3) is 0.286. The highest BCUT2D eigenvalue weighted by molar-refractivity contribution is 15.0. The van der Waals surface area contributed by atoms with Crippen LogP contribution in [-0.2, 0) is 0 Å². The lowest BCUT2D eigenvalue weighted by Gasteiger charge is -1.92. The summed E-state index contributed by atoms with van der Waals surface area (Å²) in [5, 5.41) is 2.62. The molecule has 0 N–H and O–H groups in total. The second-order valence-corrected chi connectivity index (χ2v) is 2.35. The van der Waals surface area contributed by atoms with Gasteiger partial charge in [0.05, 0.1) is 0 Å². The van der Waals surface area contributed by atoms with E-state index in [2.05, 4.69) is 85.8 Å². The number of rotatable bonds is 0. The summed E-state index contributed by atoms with van der Waals surface area (Å²) >= 11 is 4.24. The molecule has 2 aromatic rings. The number of fused-ring (bicyclic) bond motifs is 1. The van der Waals surface area contributed by atoms with Gasteiger partial charge in [0.1, 0.15) is 0 Å². The topological polar surface area (TPSA) is 0 Å². The fourth-order valence-corrected chi connectivity index (χ4v) is 1.13. The zero-order chi connectivity index (χ0) is 12.8. The molecule has 0 saturated heterocycles. The van der Waals surface area contributed by atoms with Gasteiger partial charge in [-0.2, -0.15) is 0 Å². The van der Waals surface area contributed by atoms with Crippen LogP contribution in [0.25, 0.3) is 10.8 Å². The molecule has 90 valence electrons. The molecule has 0 bridgehead atoms. The lowest BCUT2D eigenvalue weighted by Crippen LogP contribution is -1.67. The lowest BCUT2D eigenvalue weighted by atomic mass is 10.1. The normalized spacial score (nSPS) is 7.38. The molecule has 2 rings (SSSR count). The molecule has 0 aliphatic heterocycles. The molecule has 0 saturated carbocycles. The summed E-state index contributed by atoms with van der Waals surface area (Å²) in [6.45, 7) is 8.00. The fourth-order valence-electron chi connectivity index (χ4n) is 1.13. The summed E-state index contributed by atoms with van der Waals surface area (Å²) in [7, 11) is 0. The zero-order valence-corrected chi connectivity index (χ0v) is 14.7. The van der Waals surface area contributed by atoms with Crippen molar-refractivity contribution in [2.24, 2.45) is 0 Å². The van der Waals surface area contributed by atoms with Gasteiger partial charge in [0.2, 0.25) is 0 Å². The molecular weight excluding hydrogens is 422 g/mol. The minimum absolute atomic E-state index is 1.31. The standard InChI is InChI=1S/C10H8.2C2H6.I2/c1-2-6-10-8-4-3-7-9(10)5-1;3*1-2/h1-8H;2*1-2H3;. The van der Waals surface area contributed by atoms with E-state index in [9.17, 15) is 0 Å². The second-order valence-electron chi connectivity index (χ2n) is 2.35. The largest absolute Gasteiger partial charge is 0.0683 e. The van der Waals surface area contributed by atoms with Gasteiger partial charge in [-0.25, -0.2) is 0 Å². The van der Waals surface area contributed by atoms with Gasteiger partial charge in [0, 0.05) is 37.2 Å². The van der Waals surface area contributed by atoms with E-state index in [1.807, 2.05) is 27.7 Å². The molecule has 0 radical (unpaired) electrons. The summed E-state index contributed by atoms with van der Waals surface area (Å²) in [5.41, 5.74) is 0. The van der Waals surface area contributed by atoms with E-state index >= 15 is 0 Å². The van der Waals surface area contributed by atoms with Crippen LogP contribution in [0, 0.1) is 0 Å². The molecule has 0 fully saturated rings. The third-order valence-corrected chi connectivity index (χ3v) is 1.66. The molecule has 0 atom stereocenters. The van der Waals surface area contributed by atoms with Gasteiger partial charge in [-0.1, -0.05) is 76.2 Å². The quantitative estimate of drug-likeness (QED) is 0.401. The van der Waals surface area contributed by atoms with Crippen molar-refractivity contribution in [1.29, 1.82) is 0 Å². The van der Waals surface area contributed by atoms with Gasteiger partial charge in [0.15, 0.2) is 0 Å². The van der Waals surface area contributed by atoms with Crippen molar-refractivity contribution in [2.75, 3.05) is 0 Å². The van der Waals surface area contributed by atoms with Gasteiger partial charge < -0.3 is 0 Å². The molecule has 0 spiro atoms. The van der Waals surface area contributed by atoms with Crippen LogP contribution in [0.5, 0.6) is 0 Å². The zero-order valence-electron chi connectivity index (χ0n) is 10.4. The molecular formula is C14H20I2. The third kappa shape index (κ3) is 7.44. The Morgan fingerprint density at radius 3 is 0.938 bits per heavy atom. The molecule has 0 aliphatic rings. The van der Waals surface area contributed by atoms with Gasteiger partial charge in [-0.05, 0) is 10.8 Å². The Labute approximate surface area is 123 Å². The smallest absolute Gasteiger partial charge is 0 e. The molecule has 0 unspecified atom stereocenters. The maximum absolute atomic E-state index is 2.12. The van der Waals surface area contributed by atoms with Gasteiger partial charge in [0.25, 0.3) is 0 Å². The number of hydrogen-bond acceptors (Lipinski definition) is 0. The number of hydrogen-bond donors (Lipinski definition) is 0. The highest BCUT2D eigenvalue weighted by atomic mass is 128. The molecule has 0 aliphatic carbocycles. The van der Waals surface area contributed by atoms with E-state index in [4.69, 9.17) is 0 Å². The highest BCUT2D eigenvalue weighted by Crippen LogP contribution is 2.11. The van der Waals surface area contributed by atoms with Crippen molar-refractivity contribution in [3.63, 3.8) is 0 Å². The minimum atomic E-state index is 1.31. The first-order valence-corrected chi connectivity index (χ1v) is 11.8. The second kappa shape index (κ2) is 15.2. The Kier molecular flexibility index (Phi) is 17.6. The van der Waals surface area contributed by atoms with Crippen LogP contribution in [0.3, 0.4) is 0 Å². The van der Waals surface area contributed by atoms with Crippen molar-refractivity contribution in [3.05, 3.63) is 48.5 Å². The summed E-state index contributed by atoms with van der Waals surface area (Å²) < 4.78 is 0. The summed E-state index contributed by atoms with van der Waals surface area (Å²) in [5.74, 6) is 0. The van der Waals surface area contributed by atoms with Crippen LogP contribution in [0.1, 0.15) is 27.7 Å². The Hall–Kier alpha value is 0.160.